The van der Waals surface area contributed by atoms with Gasteiger partial charge in [-0.1, -0.05) is 6.92 Å². The SMILES string of the molecule is CCN1CCCC(CCN)C1.O=C(O)C(F)(F)F.O=C(O)C(F)(F)F. The van der Waals surface area contributed by atoms with E-state index in [-0.39, 0.29) is 0 Å². The first-order valence-corrected chi connectivity index (χ1v) is 7.28. The molecule has 1 heterocycles. The van der Waals surface area contributed by atoms with Gasteiger partial charge in [0, 0.05) is 6.54 Å². The lowest BCUT2D eigenvalue weighted by Gasteiger charge is -2.31. The van der Waals surface area contributed by atoms with Crippen LogP contribution in [0.1, 0.15) is 26.2 Å². The van der Waals surface area contributed by atoms with Crippen molar-refractivity contribution in [1.82, 2.24) is 4.90 Å². The summed E-state index contributed by atoms with van der Waals surface area (Å²) >= 11 is 0. The molecule has 1 unspecified atom stereocenters. The summed E-state index contributed by atoms with van der Waals surface area (Å²) in [6.45, 7) is 6.90. The maximum absolute atomic E-state index is 10.6. The van der Waals surface area contributed by atoms with Crippen LogP contribution in [0.5, 0.6) is 0 Å². The van der Waals surface area contributed by atoms with Crippen LogP contribution in [0.4, 0.5) is 26.3 Å². The molecule has 6 nitrogen and oxygen atoms in total. The highest BCUT2D eigenvalue weighted by Gasteiger charge is 2.38. The van der Waals surface area contributed by atoms with Crippen LogP contribution in [0.15, 0.2) is 0 Å². The lowest BCUT2D eigenvalue weighted by atomic mass is 9.95. The molecule has 1 atom stereocenters. The second-order valence-electron chi connectivity index (χ2n) is 5.08. The molecule has 1 rings (SSSR count). The summed E-state index contributed by atoms with van der Waals surface area (Å²) in [6, 6.07) is 0. The number of likely N-dealkylation sites (tertiary alicyclic amines) is 1. The van der Waals surface area contributed by atoms with Crippen LogP contribution in [0.2, 0.25) is 0 Å². The fraction of sp³-hybridized carbons (Fsp3) is 0.846. The lowest BCUT2D eigenvalue weighted by Crippen LogP contribution is -2.35. The van der Waals surface area contributed by atoms with Crippen molar-refractivity contribution in [2.45, 2.75) is 38.5 Å². The molecular weight excluding hydrogens is 362 g/mol. The molecular formula is C13H22F6N2O4. The van der Waals surface area contributed by atoms with Gasteiger partial charge in [0.05, 0.1) is 0 Å². The van der Waals surface area contributed by atoms with Gasteiger partial charge in [0.25, 0.3) is 0 Å². The summed E-state index contributed by atoms with van der Waals surface area (Å²) in [5.41, 5.74) is 5.53. The molecule has 0 aliphatic carbocycles. The average Bonchev–Trinajstić information content (AvgIpc) is 2.47. The van der Waals surface area contributed by atoms with Crippen LogP contribution in [-0.2, 0) is 9.59 Å². The van der Waals surface area contributed by atoms with Gasteiger partial charge >= 0.3 is 24.3 Å². The topological polar surface area (TPSA) is 104 Å². The van der Waals surface area contributed by atoms with Gasteiger partial charge in [0.2, 0.25) is 0 Å². The van der Waals surface area contributed by atoms with Crippen LogP contribution in [0.3, 0.4) is 0 Å². The molecule has 0 aromatic rings. The number of nitrogens with zero attached hydrogens (tertiary/aromatic N) is 1. The summed E-state index contributed by atoms with van der Waals surface area (Å²) in [5.74, 6) is -4.63. The fourth-order valence-corrected chi connectivity index (χ4v) is 1.91. The van der Waals surface area contributed by atoms with Crippen LogP contribution in [0.25, 0.3) is 0 Å². The summed E-state index contributed by atoms with van der Waals surface area (Å²) in [5, 5.41) is 14.2. The standard InChI is InChI=1S/C9H20N2.2C2HF3O2/c1-2-11-7-3-4-9(8-11)5-6-10;2*3-2(4,5)1(6)7/h9H,2-8,10H2,1H3;2*(H,6,7). The number of rotatable bonds is 3. The lowest BCUT2D eigenvalue weighted by molar-refractivity contribution is -0.193. The van der Waals surface area contributed by atoms with E-state index in [9.17, 15) is 26.3 Å². The Morgan fingerprint density at radius 3 is 1.76 bits per heavy atom. The number of halogens is 6. The minimum atomic E-state index is -5.08. The van der Waals surface area contributed by atoms with Crippen molar-refractivity contribution in [2.24, 2.45) is 11.7 Å². The minimum absolute atomic E-state index is 0.863. The molecule has 0 spiro atoms. The quantitative estimate of drug-likeness (QED) is 0.646. The zero-order valence-electron chi connectivity index (χ0n) is 13.5. The molecule has 0 saturated carbocycles. The summed E-state index contributed by atoms with van der Waals surface area (Å²) in [7, 11) is 0. The Hall–Kier alpha value is -1.56. The first kappa shape index (κ1) is 25.7. The predicted octanol–water partition coefficient (Wildman–Crippen LogP) is 2.33. The van der Waals surface area contributed by atoms with Crippen molar-refractivity contribution in [3.8, 4) is 0 Å². The maximum Gasteiger partial charge on any atom is 0.490 e. The van der Waals surface area contributed by atoms with Crippen molar-refractivity contribution < 1.29 is 46.1 Å². The zero-order chi connectivity index (χ0) is 20.3. The maximum atomic E-state index is 10.6. The predicted molar refractivity (Wildman–Crippen MR) is 75.9 cm³/mol. The summed E-state index contributed by atoms with van der Waals surface area (Å²) in [6.07, 6.45) is -6.18. The van der Waals surface area contributed by atoms with Crippen molar-refractivity contribution in [1.29, 1.82) is 0 Å². The van der Waals surface area contributed by atoms with E-state index in [4.69, 9.17) is 25.5 Å². The molecule has 0 aromatic carbocycles. The van der Waals surface area contributed by atoms with Crippen molar-refractivity contribution in [2.75, 3.05) is 26.2 Å². The van der Waals surface area contributed by atoms with Crippen molar-refractivity contribution in [3.05, 3.63) is 0 Å². The Morgan fingerprint density at radius 2 is 1.48 bits per heavy atom. The van der Waals surface area contributed by atoms with E-state index in [1.165, 1.54) is 38.9 Å². The Morgan fingerprint density at radius 1 is 1.08 bits per heavy atom. The minimum Gasteiger partial charge on any atom is -0.475 e. The van der Waals surface area contributed by atoms with E-state index in [0.717, 1.165) is 12.5 Å². The Kier molecular flexibility index (Phi) is 12.2. The third-order valence-corrected chi connectivity index (χ3v) is 3.11. The molecule has 0 aromatic heterocycles. The van der Waals surface area contributed by atoms with Crippen molar-refractivity contribution >= 4 is 11.9 Å². The molecule has 1 saturated heterocycles. The Labute approximate surface area is 140 Å². The van der Waals surface area contributed by atoms with Gasteiger partial charge in [-0.05, 0) is 44.8 Å². The highest BCUT2D eigenvalue weighted by atomic mass is 19.4. The smallest absolute Gasteiger partial charge is 0.475 e. The molecule has 4 N–H and O–H groups in total. The second-order valence-corrected chi connectivity index (χ2v) is 5.08. The Balaban J connectivity index is 0. The van der Waals surface area contributed by atoms with Gasteiger partial charge < -0.3 is 20.8 Å². The molecule has 25 heavy (non-hydrogen) atoms. The van der Waals surface area contributed by atoms with Gasteiger partial charge in [-0.15, -0.1) is 0 Å². The fourth-order valence-electron chi connectivity index (χ4n) is 1.91. The van der Waals surface area contributed by atoms with Gasteiger partial charge in [-0.25, -0.2) is 9.59 Å². The number of carboxylic acids is 2. The monoisotopic (exact) mass is 384 g/mol. The third kappa shape index (κ3) is 14.5. The molecule has 1 aliphatic heterocycles. The van der Waals surface area contributed by atoms with Gasteiger partial charge in [-0.2, -0.15) is 26.3 Å². The van der Waals surface area contributed by atoms with Gasteiger partial charge in [-0.3, -0.25) is 0 Å². The van der Waals surface area contributed by atoms with Gasteiger partial charge in [0.1, 0.15) is 0 Å². The average molecular weight is 384 g/mol. The number of hydrogen-bond donors (Lipinski definition) is 3. The highest BCUT2D eigenvalue weighted by Crippen LogP contribution is 2.18. The molecule has 12 heteroatoms. The van der Waals surface area contributed by atoms with E-state index in [1.54, 1.807) is 0 Å². The molecule has 150 valence electrons. The first-order valence-electron chi connectivity index (χ1n) is 7.28. The van der Waals surface area contributed by atoms with Crippen LogP contribution < -0.4 is 5.73 Å². The summed E-state index contributed by atoms with van der Waals surface area (Å²) < 4.78 is 63.5. The second kappa shape index (κ2) is 11.9. The van der Waals surface area contributed by atoms with E-state index in [2.05, 4.69) is 11.8 Å². The van der Waals surface area contributed by atoms with E-state index in [1.807, 2.05) is 0 Å². The molecule has 0 radical (unpaired) electrons. The molecule has 0 bridgehead atoms. The van der Waals surface area contributed by atoms with E-state index < -0.39 is 24.3 Å². The van der Waals surface area contributed by atoms with Gasteiger partial charge in [0.15, 0.2) is 0 Å². The number of carboxylic acid groups (broad SMARTS) is 2. The van der Waals surface area contributed by atoms with Crippen LogP contribution in [0, 0.1) is 5.92 Å². The van der Waals surface area contributed by atoms with E-state index in [0.29, 0.717) is 0 Å². The first-order chi connectivity index (χ1) is 11.3. The number of piperidine rings is 1. The van der Waals surface area contributed by atoms with Crippen LogP contribution in [-0.4, -0.2) is 65.6 Å². The number of nitrogens with two attached hydrogens (primary N) is 1. The number of alkyl halides is 6. The Bertz CT molecular complexity index is 375. The normalized spacial score (nSPS) is 18.3. The number of hydrogen-bond acceptors (Lipinski definition) is 4. The van der Waals surface area contributed by atoms with E-state index >= 15 is 0 Å². The van der Waals surface area contributed by atoms with Crippen LogP contribution >= 0.6 is 0 Å². The third-order valence-electron chi connectivity index (χ3n) is 3.11. The zero-order valence-corrected chi connectivity index (χ0v) is 13.5. The molecule has 1 fully saturated rings. The number of carbonyl (C=O) groups is 2. The molecule has 1 aliphatic rings. The summed E-state index contributed by atoms with van der Waals surface area (Å²) in [4.78, 5) is 20.3. The largest absolute Gasteiger partial charge is 0.490 e. The molecule has 0 amide bonds. The number of aliphatic carboxylic acids is 2. The highest BCUT2D eigenvalue weighted by molar-refractivity contribution is 5.73. The van der Waals surface area contributed by atoms with Crippen molar-refractivity contribution in [3.63, 3.8) is 0 Å².